The highest BCUT2D eigenvalue weighted by molar-refractivity contribution is 6.30. The number of nitrogens with one attached hydrogen (secondary N) is 1. The Morgan fingerprint density at radius 2 is 1.85 bits per heavy atom. The summed E-state index contributed by atoms with van der Waals surface area (Å²) >= 11 is 5.95. The Bertz CT molecular complexity index is 399. The number of nitrogens with zero attached hydrogens (tertiary/aromatic N) is 1. The van der Waals surface area contributed by atoms with E-state index in [1.54, 1.807) is 0 Å². The van der Waals surface area contributed by atoms with E-state index in [1.807, 2.05) is 19.2 Å². The molecule has 0 bridgehead atoms. The van der Waals surface area contributed by atoms with Crippen molar-refractivity contribution in [2.45, 2.75) is 38.5 Å². The van der Waals surface area contributed by atoms with Crippen LogP contribution in [0.3, 0.4) is 0 Å². The van der Waals surface area contributed by atoms with Crippen LogP contribution in [0.15, 0.2) is 24.3 Å². The molecule has 3 unspecified atom stereocenters. The van der Waals surface area contributed by atoms with E-state index in [4.69, 9.17) is 16.3 Å². The lowest BCUT2D eigenvalue weighted by Crippen LogP contribution is -2.46. The molecular weight excluding hydrogens is 272 g/mol. The number of halogens is 1. The second-order valence-corrected chi connectivity index (χ2v) is 6.13. The van der Waals surface area contributed by atoms with Crippen LogP contribution in [0.5, 0.6) is 0 Å². The molecule has 1 fully saturated rings. The first-order chi connectivity index (χ1) is 9.58. The summed E-state index contributed by atoms with van der Waals surface area (Å²) in [6.45, 7) is 7.45. The van der Waals surface area contributed by atoms with Crippen molar-refractivity contribution in [1.82, 2.24) is 10.2 Å². The van der Waals surface area contributed by atoms with Gasteiger partial charge in [-0.1, -0.05) is 23.7 Å². The van der Waals surface area contributed by atoms with Gasteiger partial charge in [-0.25, -0.2) is 0 Å². The van der Waals surface area contributed by atoms with Crippen LogP contribution in [0.4, 0.5) is 0 Å². The van der Waals surface area contributed by atoms with Crippen LogP contribution in [0, 0.1) is 0 Å². The molecule has 1 heterocycles. The maximum Gasteiger partial charge on any atom is 0.0678 e. The van der Waals surface area contributed by atoms with E-state index in [1.165, 1.54) is 5.56 Å². The number of ether oxygens (including phenoxy) is 1. The van der Waals surface area contributed by atoms with Gasteiger partial charge in [0, 0.05) is 30.7 Å². The Labute approximate surface area is 127 Å². The van der Waals surface area contributed by atoms with Gasteiger partial charge in [0.2, 0.25) is 0 Å². The molecule has 1 N–H and O–H groups in total. The van der Waals surface area contributed by atoms with Gasteiger partial charge in [-0.05, 0) is 45.0 Å². The summed E-state index contributed by atoms with van der Waals surface area (Å²) in [7, 11) is 2.02. The van der Waals surface area contributed by atoms with Crippen molar-refractivity contribution in [3.05, 3.63) is 34.9 Å². The largest absolute Gasteiger partial charge is 0.373 e. The van der Waals surface area contributed by atoms with E-state index < -0.39 is 0 Å². The number of benzene rings is 1. The molecule has 20 heavy (non-hydrogen) atoms. The first-order valence-corrected chi connectivity index (χ1v) is 7.77. The standard InChI is InChI=1S/C16H25ClN2O/c1-12-10-19(11-13(2)20-12)9-8-16(18-3)14-4-6-15(17)7-5-14/h4-7,12-13,16,18H,8-11H2,1-3H3. The SMILES string of the molecule is CNC(CCN1CC(C)OC(C)C1)c1ccc(Cl)cc1. The monoisotopic (exact) mass is 296 g/mol. The Hall–Kier alpha value is -0.610. The van der Waals surface area contributed by atoms with Crippen molar-refractivity contribution in [1.29, 1.82) is 0 Å². The maximum atomic E-state index is 5.95. The highest BCUT2D eigenvalue weighted by Crippen LogP contribution is 2.20. The Morgan fingerprint density at radius 3 is 2.40 bits per heavy atom. The van der Waals surface area contributed by atoms with Crippen LogP contribution >= 0.6 is 11.6 Å². The third-order valence-electron chi connectivity index (χ3n) is 3.85. The third-order valence-corrected chi connectivity index (χ3v) is 4.10. The van der Waals surface area contributed by atoms with Crippen LogP contribution in [-0.4, -0.2) is 43.8 Å². The summed E-state index contributed by atoms with van der Waals surface area (Å²) in [6.07, 6.45) is 1.77. The summed E-state index contributed by atoms with van der Waals surface area (Å²) in [5.41, 5.74) is 1.30. The number of morpholine rings is 1. The first kappa shape index (κ1) is 15.8. The lowest BCUT2D eigenvalue weighted by molar-refractivity contribution is -0.0685. The predicted octanol–water partition coefficient (Wildman–Crippen LogP) is 3.10. The highest BCUT2D eigenvalue weighted by Gasteiger charge is 2.22. The summed E-state index contributed by atoms with van der Waals surface area (Å²) in [4.78, 5) is 2.50. The first-order valence-electron chi connectivity index (χ1n) is 7.39. The molecule has 1 aliphatic heterocycles. The number of hydrogen-bond donors (Lipinski definition) is 1. The van der Waals surface area contributed by atoms with Gasteiger partial charge in [0.25, 0.3) is 0 Å². The van der Waals surface area contributed by atoms with E-state index >= 15 is 0 Å². The van der Waals surface area contributed by atoms with Crippen molar-refractivity contribution >= 4 is 11.6 Å². The zero-order valence-corrected chi connectivity index (χ0v) is 13.4. The van der Waals surface area contributed by atoms with Crippen molar-refractivity contribution in [2.75, 3.05) is 26.7 Å². The normalized spacial score (nSPS) is 25.6. The molecule has 3 atom stereocenters. The molecule has 0 aromatic heterocycles. The zero-order chi connectivity index (χ0) is 14.5. The Morgan fingerprint density at radius 1 is 1.25 bits per heavy atom. The minimum absolute atomic E-state index is 0.335. The molecule has 4 heteroatoms. The maximum absolute atomic E-state index is 5.95. The van der Waals surface area contributed by atoms with Gasteiger partial charge in [-0.3, -0.25) is 4.90 Å². The van der Waals surface area contributed by atoms with E-state index in [9.17, 15) is 0 Å². The molecule has 3 nitrogen and oxygen atoms in total. The van der Waals surface area contributed by atoms with Crippen molar-refractivity contribution < 1.29 is 4.74 Å². The summed E-state index contributed by atoms with van der Waals surface area (Å²) in [6, 6.07) is 8.50. The molecule has 112 valence electrons. The fourth-order valence-electron chi connectivity index (χ4n) is 2.95. The topological polar surface area (TPSA) is 24.5 Å². The lowest BCUT2D eigenvalue weighted by Gasteiger charge is -2.36. The fourth-order valence-corrected chi connectivity index (χ4v) is 3.08. The molecule has 0 spiro atoms. The van der Waals surface area contributed by atoms with Crippen molar-refractivity contribution in [2.24, 2.45) is 0 Å². The van der Waals surface area contributed by atoms with Crippen molar-refractivity contribution in [3.8, 4) is 0 Å². The third kappa shape index (κ3) is 4.45. The van der Waals surface area contributed by atoms with Gasteiger partial charge >= 0.3 is 0 Å². The number of rotatable bonds is 5. The van der Waals surface area contributed by atoms with Crippen LogP contribution in [0.2, 0.25) is 5.02 Å². The van der Waals surface area contributed by atoms with E-state index in [-0.39, 0.29) is 0 Å². The minimum Gasteiger partial charge on any atom is -0.373 e. The van der Waals surface area contributed by atoms with Crippen LogP contribution < -0.4 is 5.32 Å². The molecule has 1 saturated heterocycles. The molecule has 0 aliphatic carbocycles. The average Bonchev–Trinajstić information content (AvgIpc) is 2.40. The van der Waals surface area contributed by atoms with Crippen LogP contribution in [-0.2, 0) is 4.74 Å². The van der Waals surface area contributed by atoms with Gasteiger partial charge in [-0.2, -0.15) is 0 Å². The summed E-state index contributed by atoms with van der Waals surface area (Å²) in [5, 5.41) is 4.19. The second kappa shape index (κ2) is 7.41. The summed E-state index contributed by atoms with van der Waals surface area (Å²) in [5.74, 6) is 0. The zero-order valence-electron chi connectivity index (χ0n) is 12.6. The molecule has 0 radical (unpaired) electrons. The molecule has 1 aliphatic rings. The van der Waals surface area contributed by atoms with E-state index in [2.05, 4.69) is 36.2 Å². The van der Waals surface area contributed by atoms with Crippen LogP contribution in [0.1, 0.15) is 31.9 Å². The fraction of sp³-hybridized carbons (Fsp3) is 0.625. The number of hydrogen-bond acceptors (Lipinski definition) is 3. The van der Waals surface area contributed by atoms with Crippen LogP contribution in [0.25, 0.3) is 0 Å². The van der Waals surface area contributed by atoms with Gasteiger partial charge in [0.05, 0.1) is 12.2 Å². The summed E-state index contributed by atoms with van der Waals surface area (Å²) < 4.78 is 5.78. The van der Waals surface area contributed by atoms with Gasteiger partial charge < -0.3 is 10.1 Å². The molecule has 0 amide bonds. The molecular formula is C16H25ClN2O. The van der Waals surface area contributed by atoms with Crippen molar-refractivity contribution in [3.63, 3.8) is 0 Å². The van der Waals surface area contributed by atoms with Gasteiger partial charge in [0.1, 0.15) is 0 Å². The molecule has 0 saturated carbocycles. The smallest absolute Gasteiger partial charge is 0.0678 e. The van der Waals surface area contributed by atoms with E-state index in [0.717, 1.165) is 31.1 Å². The molecule has 1 aromatic carbocycles. The Balaban J connectivity index is 1.89. The highest BCUT2D eigenvalue weighted by atomic mass is 35.5. The predicted molar refractivity (Wildman–Crippen MR) is 84.3 cm³/mol. The lowest BCUT2D eigenvalue weighted by atomic mass is 10.0. The minimum atomic E-state index is 0.335. The Kier molecular flexibility index (Phi) is 5.85. The molecule has 1 aromatic rings. The van der Waals surface area contributed by atoms with Gasteiger partial charge in [0.15, 0.2) is 0 Å². The van der Waals surface area contributed by atoms with Gasteiger partial charge in [-0.15, -0.1) is 0 Å². The molecule has 2 rings (SSSR count). The van der Waals surface area contributed by atoms with E-state index in [0.29, 0.717) is 18.2 Å². The quantitative estimate of drug-likeness (QED) is 0.903. The average molecular weight is 297 g/mol. The second-order valence-electron chi connectivity index (χ2n) is 5.70.